The third-order valence-electron chi connectivity index (χ3n) is 2.61. The molecule has 0 radical (unpaired) electrons. The first-order valence-electron chi connectivity index (χ1n) is 5.64. The number of amides is 2. The normalized spacial score (nSPS) is 10.1. The molecule has 0 saturated heterocycles. The first kappa shape index (κ1) is 14.4. The van der Waals surface area contributed by atoms with Crippen molar-refractivity contribution in [1.29, 1.82) is 0 Å². The zero-order chi connectivity index (χ0) is 14.7. The summed E-state index contributed by atoms with van der Waals surface area (Å²) < 4.78 is 0. The lowest BCUT2D eigenvalue weighted by molar-refractivity contribution is 0.103. The molecule has 0 unspecified atom stereocenters. The van der Waals surface area contributed by atoms with Crippen molar-refractivity contribution >= 4 is 40.7 Å². The lowest BCUT2D eigenvalue weighted by Crippen LogP contribution is -2.21. The van der Waals surface area contributed by atoms with Gasteiger partial charge in [-0.25, -0.2) is 4.79 Å². The van der Waals surface area contributed by atoms with Gasteiger partial charge >= 0.3 is 6.03 Å². The van der Waals surface area contributed by atoms with Crippen molar-refractivity contribution in [3.05, 3.63) is 63.6 Å². The van der Waals surface area contributed by atoms with Crippen LogP contribution < -0.4 is 11.1 Å². The van der Waals surface area contributed by atoms with Gasteiger partial charge in [0, 0.05) is 16.1 Å². The molecule has 0 aliphatic heterocycles. The van der Waals surface area contributed by atoms with Crippen LogP contribution in [0.3, 0.4) is 0 Å². The maximum Gasteiger partial charge on any atom is 0.316 e. The maximum absolute atomic E-state index is 12.5. The Morgan fingerprint density at radius 2 is 1.70 bits per heavy atom. The summed E-state index contributed by atoms with van der Waals surface area (Å²) in [7, 11) is 0. The van der Waals surface area contributed by atoms with Crippen LogP contribution in [0.4, 0.5) is 10.5 Å². The van der Waals surface area contributed by atoms with E-state index < -0.39 is 6.03 Å². The summed E-state index contributed by atoms with van der Waals surface area (Å²) in [6.07, 6.45) is 0. The highest BCUT2D eigenvalue weighted by Gasteiger charge is 2.17. The van der Waals surface area contributed by atoms with Crippen LogP contribution in [0.15, 0.2) is 42.5 Å². The zero-order valence-corrected chi connectivity index (χ0v) is 11.7. The fraction of sp³-hybridized carbons (Fsp3) is 0. The van der Waals surface area contributed by atoms with Gasteiger partial charge in [0.25, 0.3) is 0 Å². The molecule has 0 saturated carbocycles. The number of para-hydroxylation sites is 1. The Hall–Kier alpha value is -2.04. The molecule has 20 heavy (non-hydrogen) atoms. The summed E-state index contributed by atoms with van der Waals surface area (Å²) in [5.74, 6) is -0.323. The number of hydrogen-bond acceptors (Lipinski definition) is 2. The average molecular weight is 309 g/mol. The summed E-state index contributed by atoms with van der Waals surface area (Å²) >= 11 is 11.8. The third-order valence-corrected chi connectivity index (χ3v) is 3.15. The lowest BCUT2D eigenvalue weighted by Gasteiger charge is -2.09. The van der Waals surface area contributed by atoms with Crippen molar-refractivity contribution in [2.24, 2.45) is 5.73 Å². The van der Waals surface area contributed by atoms with Gasteiger partial charge in [-0.05, 0) is 30.3 Å². The second kappa shape index (κ2) is 5.94. The maximum atomic E-state index is 12.5. The highest BCUT2D eigenvalue weighted by atomic mass is 35.5. The molecular formula is C14H10Cl2N2O2. The summed E-state index contributed by atoms with van der Waals surface area (Å²) in [6, 6.07) is 10.4. The Morgan fingerprint density at radius 3 is 2.35 bits per heavy atom. The molecule has 0 spiro atoms. The van der Waals surface area contributed by atoms with Gasteiger partial charge in [-0.1, -0.05) is 35.3 Å². The second-order valence-corrected chi connectivity index (χ2v) is 4.83. The number of hydrogen-bond donors (Lipinski definition) is 2. The second-order valence-electron chi connectivity index (χ2n) is 3.99. The SMILES string of the molecule is NC(=O)Nc1ccccc1C(=O)c1ccc(Cl)cc1Cl. The molecule has 0 heterocycles. The molecule has 0 atom stereocenters. The molecule has 0 aliphatic rings. The number of anilines is 1. The van der Waals surface area contributed by atoms with Gasteiger partial charge in [-0.15, -0.1) is 0 Å². The molecule has 2 amide bonds. The summed E-state index contributed by atoms with van der Waals surface area (Å²) in [5, 5.41) is 3.09. The van der Waals surface area contributed by atoms with E-state index in [0.29, 0.717) is 21.8 Å². The number of halogens is 2. The number of primary amides is 1. The van der Waals surface area contributed by atoms with E-state index in [9.17, 15) is 9.59 Å². The van der Waals surface area contributed by atoms with E-state index in [1.54, 1.807) is 30.3 Å². The predicted octanol–water partition coefficient (Wildman–Crippen LogP) is 3.72. The van der Waals surface area contributed by atoms with Gasteiger partial charge in [0.1, 0.15) is 0 Å². The number of ketones is 1. The van der Waals surface area contributed by atoms with E-state index >= 15 is 0 Å². The number of urea groups is 1. The number of nitrogens with two attached hydrogens (primary N) is 1. The number of nitrogens with one attached hydrogen (secondary N) is 1. The number of carbonyl (C=O) groups excluding carboxylic acids is 2. The van der Waals surface area contributed by atoms with Gasteiger partial charge in [0.05, 0.1) is 10.7 Å². The molecule has 6 heteroatoms. The minimum atomic E-state index is -0.743. The number of rotatable bonds is 3. The van der Waals surface area contributed by atoms with Crippen LogP contribution in [0, 0.1) is 0 Å². The van der Waals surface area contributed by atoms with Crippen LogP contribution in [-0.4, -0.2) is 11.8 Å². The van der Waals surface area contributed by atoms with Crippen LogP contribution in [0.2, 0.25) is 10.0 Å². The van der Waals surface area contributed by atoms with Crippen LogP contribution in [-0.2, 0) is 0 Å². The van der Waals surface area contributed by atoms with Crippen molar-refractivity contribution in [2.45, 2.75) is 0 Å². The number of carbonyl (C=O) groups is 2. The van der Waals surface area contributed by atoms with Crippen molar-refractivity contribution in [3.8, 4) is 0 Å². The van der Waals surface area contributed by atoms with Crippen molar-refractivity contribution < 1.29 is 9.59 Å². The van der Waals surface area contributed by atoms with E-state index in [1.165, 1.54) is 12.1 Å². The van der Waals surface area contributed by atoms with Gasteiger partial charge in [-0.2, -0.15) is 0 Å². The molecule has 0 fully saturated rings. The first-order valence-corrected chi connectivity index (χ1v) is 6.40. The quantitative estimate of drug-likeness (QED) is 0.848. The molecular weight excluding hydrogens is 299 g/mol. The molecule has 2 aromatic rings. The van der Waals surface area contributed by atoms with E-state index in [2.05, 4.69) is 5.32 Å². The number of benzene rings is 2. The Morgan fingerprint density at radius 1 is 1.00 bits per heavy atom. The average Bonchev–Trinajstić information content (AvgIpc) is 2.38. The highest BCUT2D eigenvalue weighted by molar-refractivity contribution is 6.37. The largest absolute Gasteiger partial charge is 0.351 e. The third kappa shape index (κ3) is 3.10. The van der Waals surface area contributed by atoms with E-state index in [4.69, 9.17) is 28.9 Å². The van der Waals surface area contributed by atoms with Crippen LogP contribution in [0.1, 0.15) is 15.9 Å². The smallest absolute Gasteiger partial charge is 0.316 e. The minimum Gasteiger partial charge on any atom is -0.351 e. The fourth-order valence-electron chi connectivity index (χ4n) is 1.74. The van der Waals surface area contributed by atoms with E-state index in [1.807, 2.05) is 0 Å². The summed E-state index contributed by atoms with van der Waals surface area (Å²) in [5.41, 5.74) is 6.01. The van der Waals surface area contributed by atoms with Crippen molar-refractivity contribution in [3.63, 3.8) is 0 Å². The topological polar surface area (TPSA) is 72.2 Å². The van der Waals surface area contributed by atoms with Crippen molar-refractivity contribution in [1.82, 2.24) is 0 Å². The minimum absolute atomic E-state index is 0.247. The van der Waals surface area contributed by atoms with Crippen LogP contribution in [0.25, 0.3) is 0 Å². The summed E-state index contributed by atoms with van der Waals surface area (Å²) in [6.45, 7) is 0. The molecule has 0 bridgehead atoms. The molecule has 0 aliphatic carbocycles. The van der Waals surface area contributed by atoms with Crippen molar-refractivity contribution in [2.75, 3.05) is 5.32 Å². The Bertz CT molecular complexity index is 687. The fourth-order valence-corrected chi connectivity index (χ4v) is 2.24. The monoisotopic (exact) mass is 308 g/mol. The van der Waals surface area contributed by atoms with Gasteiger partial charge in [-0.3, -0.25) is 4.79 Å². The molecule has 102 valence electrons. The summed E-state index contributed by atoms with van der Waals surface area (Å²) in [4.78, 5) is 23.4. The molecule has 4 nitrogen and oxygen atoms in total. The van der Waals surface area contributed by atoms with E-state index in [-0.39, 0.29) is 10.8 Å². The van der Waals surface area contributed by atoms with Gasteiger partial charge in [0.15, 0.2) is 5.78 Å². The zero-order valence-electron chi connectivity index (χ0n) is 10.2. The highest BCUT2D eigenvalue weighted by Crippen LogP contribution is 2.26. The standard InChI is InChI=1S/C14H10Cl2N2O2/c15-8-5-6-9(11(16)7-8)13(19)10-3-1-2-4-12(10)18-14(17)20/h1-7H,(H3,17,18,20). The molecule has 0 aromatic heterocycles. The molecule has 2 rings (SSSR count). The van der Waals surface area contributed by atoms with Gasteiger partial charge in [0.2, 0.25) is 0 Å². The van der Waals surface area contributed by atoms with Crippen LogP contribution >= 0.6 is 23.2 Å². The Kier molecular flexibility index (Phi) is 4.27. The Labute approximate surface area is 125 Å². The first-order chi connectivity index (χ1) is 9.49. The molecule has 2 aromatic carbocycles. The van der Waals surface area contributed by atoms with Gasteiger partial charge < -0.3 is 11.1 Å². The van der Waals surface area contributed by atoms with Crippen LogP contribution in [0.5, 0.6) is 0 Å². The lowest BCUT2D eigenvalue weighted by atomic mass is 10.0. The Balaban J connectivity index is 2.45. The molecule has 3 N–H and O–H groups in total. The van der Waals surface area contributed by atoms with E-state index in [0.717, 1.165) is 0 Å². The predicted molar refractivity (Wildman–Crippen MR) is 79.5 cm³/mol.